The zero-order chi connectivity index (χ0) is 17.5. The van der Waals surface area contributed by atoms with E-state index in [1.807, 2.05) is 12.1 Å². The minimum atomic E-state index is -0.315. The van der Waals surface area contributed by atoms with E-state index in [-0.39, 0.29) is 11.4 Å². The van der Waals surface area contributed by atoms with Crippen molar-refractivity contribution >= 4 is 29.0 Å². The first-order chi connectivity index (χ1) is 10.7. The van der Waals surface area contributed by atoms with Crippen LogP contribution in [0.2, 0.25) is 0 Å². The fourth-order valence-electron chi connectivity index (χ4n) is 2.31. The second kappa shape index (κ2) is 8.84. The summed E-state index contributed by atoms with van der Waals surface area (Å²) in [5, 5.41) is 6.93. The molecule has 0 unspecified atom stereocenters. The van der Waals surface area contributed by atoms with Crippen LogP contribution in [-0.4, -0.2) is 49.8 Å². The van der Waals surface area contributed by atoms with E-state index in [4.69, 9.17) is 17.0 Å². The number of hydrogen-bond acceptors (Lipinski definition) is 4. The average molecular weight is 337 g/mol. The molecule has 0 spiro atoms. The lowest BCUT2D eigenvalue weighted by atomic mass is 9.93. The minimum Gasteiger partial charge on any atom is -0.462 e. The van der Waals surface area contributed by atoms with Crippen LogP contribution < -0.4 is 10.6 Å². The van der Waals surface area contributed by atoms with Crippen LogP contribution in [0.4, 0.5) is 5.69 Å². The maximum Gasteiger partial charge on any atom is 0.338 e. The highest BCUT2D eigenvalue weighted by Gasteiger charge is 2.19. The van der Waals surface area contributed by atoms with Gasteiger partial charge in [-0.3, -0.25) is 0 Å². The molecule has 6 heteroatoms. The van der Waals surface area contributed by atoms with Crippen LogP contribution in [-0.2, 0) is 4.74 Å². The van der Waals surface area contributed by atoms with Gasteiger partial charge in [-0.15, -0.1) is 0 Å². The number of benzene rings is 1. The molecule has 1 rings (SSSR count). The minimum absolute atomic E-state index is 0.114. The fourth-order valence-corrected chi connectivity index (χ4v) is 2.50. The fraction of sp³-hybridized carbons (Fsp3) is 0.529. The van der Waals surface area contributed by atoms with Gasteiger partial charge in [0.15, 0.2) is 5.11 Å². The molecule has 1 aromatic rings. The Labute approximate surface area is 144 Å². The molecular weight excluding hydrogens is 310 g/mol. The number of thiocarbonyl (C=S) groups is 1. The molecule has 2 N–H and O–H groups in total. The Morgan fingerprint density at radius 1 is 1.26 bits per heavy atom. The Morgan fingerprint density at radius 2 is 1.87 bits per heavy atom. The number of rotatable bonds is 7. The molecule has 0 aliphatic heterocycles. The topological polar surface area (TPSA) is 53.6 Å². The Kier molecular flexibility index (Phi) is 7.45. The molecule has 0 aliphatic carbocycles. The van der Waals surface area contributed by atoms with Gasteiger partial charge in [-0.05, 0) is 62.9 Å². The van der Waals surface area contributed by atoms with Gasteiger partial charge in [0, 0.05) is 18.8 Å². The van der Waals surface area contributed by atoms with Gasteiger partial charge < -0.3 is 20.3 Å². The monoisotopic (exact) mass is 337 g/mol. The van der Waals surface area contributed by atoms with E-state index in [2.05, 4.69) is 43.5 Å². The summed E-state index contributed by atoms with van der Waals surface area (Å²) in [7, 11) is 4.12. The van der Waals surface area contributed by atoms with E-state index in [1.54, 1.807) is 19.1 Å². The lowest BCUT2D eigenvalue weighted by molar-refractivity contribution is 0.0526. The maximum atomic E-state index is 11.6. The summed E-state index contributed by atoms with van der Waals surface area (Å²) >= 11 is 5.32. The molecule has 0 saturated carbocycles. The number of nitrogens with one attached hydrogen (secondary N) is 2. The van der Waals surface area contributed by atoms with Gasteiger partial charge >= 0.3 is 5.97 Å². The molecule has 0 bridgehead atoms. The standard InChI is InChI=1S/C17H27N3O2S/c1-6-22-15(21)13-7-9-14(10-8-13)19-16(23)18-11-17(2,3)12-20(4)5/h7-10H,6,11-12H2,1-5H3,(H2,18,19,23). The predicted molar refractivity (Wildman–Crippen MR) is 99.0 cm³/mol. The summed E-state index contributed by atoms with van der Waals surface area (Å²) in [4.78, 5) is 13.8. The van der Waals surface area contributed by atoms with E-state index in [0.29, 0.717) is 17.3 Å². The van der Waals surface area contributed by atoms with Crippen molar-refractivity contribution in [3.05, 3.63) is 29.8 Å². The average Bonchev–Trinajstić information content (AvgIpc) is 2.45. The number of hydrogen-bond donors (Lipinski definition) is 2. The van der Waals surface area contributed by atoms with Crippen LogP contribution in [0, 0.1) is 5.41 Å². The predicted octanol–water partition coefficient (Wildman–Crippen LogP) is 2.74. The molecule has 1 aromatic carbocycles. The first-order valence-corrected chi connectivity index (χ1v) is 8.11. The first-order valence-electron chi connectivity index (χ1n) is 7.70. The quantitative estimate of drug-likeness (QED) is 0.589. The molecule has 0 radical (unpaired) electrons. The van der Waals surface area contributed by atoms with Crippen molar-refractivity contribution in [2.45, 2.75) is 20.8 Å². The van der Waals surface area contributed by atoms with Gasteiger partial charge in [-0.1, -0.05) is 13.8 Å². The molecule has 0 fully saturated rings. The van der Waals surface area contributed by atoms with Crippen molar-refractivity contribution in [3.8, 4) is 0 Å². The number of ether oxygens (including phenoxy) is 1. The second-order valence-corrected chi connectivity index (χ2v) is 6.92. The number of carbonyl (C=O) groups is 1. The third-order valence-corrected chi connectivity index (χ3v) is 3.37. The van der Waals surface area contributed by atoms with Crippen LogP contribution in [0.5, 0.6) is 0 Å². The van der Waals surface area contributed by atoms with Crippen molar-refractivity contribution in [1.82, 2.24) is 10.2 Å². The summed E-state index contributed by atoms with van der Waals surface area (Å²) < 4.78 is 4.96. The van der Waals surface area contributed by atoms with Gasteiger partial charge in [0.2, 0.25) is 0 Å². The maximum absolute atomic E-state index is 11.6. The van der Waals surface area contributed by atoms with Gasteiger partial charge in [0.05, 0.1) is 12.2 Å². The normalized spacial score (nSPS) is 11.2. The van der Waals surface area contributed by atoms with E-state index in [0.717, 1.165) is 18.8 Å². The van der Waals surface area contributed by atoms with E-state index in [1.165, 1.54) is 0 Å². The number of carbonyl (C=O) groups excluding carboxylic acids is 1. The van der Waals surface area contributed by atoms with Gasteiger partial charge in [-0.2, -0.15) is 0 Å². The van der Waals surface area contributed by atoms with Crippen molar-refractivity contribution in [2.24, 2.45) is 5.41 Å². The molecule has 0 amide bonds. The summed E-state index contributed by atoms with van der Waals surface area (Å²) in [6.07, 6.45) is 0. The molecule has 23 heavy (non-hydrogen) atoms. The molecule has 0 atom stereocenters. The van der Waals surface area contributed by atoms with E-state index >= 15 is 0 Å². The van der Waals surface area contributed by atoms with Crippen molar-refractivity contribution in [1.29, 1.82) is 0 Å². The number of anilines is 1. The smallest absolute Gasteiger partial charge is 0.338 e. The summed E-state index contributed by atoms with van der Waals surface area (Å²) in [5.74, 6) is -0.315. The molecule has 0 heterocycles. The van der Waals surface area contributed by atoms with Crippen LogP contribution in [0.25, 0.3) is 0 Å². The molecule has 5 nitrogen and oxygen atoms in total. The number of esters is 1. The highest BCUT2D eigenvalue weighted by atomic mass is 32.1. The summed E-state index contributed by atoms with van der Waals surface area (Å²) in [6, 6.07) is 7.06. The molecular formula is C17H27N3O2S. The van der Waals surface area contributed by atoms with Crippen molar-refractivity contribution < 1.29 is 9.53 Å². The van der Waals surface area contributed by atoms with Crippen molar-refractivity contribution in [3.63, 3.8) is 0 Å². The third kappa shape index (κ3) is 7.43. The van der Waals surface area contributed by atoms with E-state index < -0.39 is 0 Å². The Balaban J connectivity index is 2.50. The van der Waals surface area contributed by atoms with Crippen LogP contribution in [0.1, 0.15) is 31.1 Å². The number of nitrogens with zero attached hydrogens (tertiary/aromatic N) is 1. The summed E-state index contributed by atoms with van der Waals surface area (Å²) in [5.41, 5.74) is 1.48. The van der Waals surface area contributed by atoms with Crippen LogP contribution >= 0.6 is 12.2 Å². The molecule has 0 aliphatic rings. The highest BCUT2D eigenvalue weighted by molar-refractivity contribution is 7.80. The SMILES string of the molecule is CCOC(=O)c1ccc(NC(=S)NCC(C)(C)CN(C)C)cc1. The Morgan fingerprint density at radius 3 is 2.39 bits per heavy atom. The van der Waals surface area contributed by atoms with Gasteiger partial charge in [0.1, 0.15) is 0 Å². The van der Waals surface area contributed by atoms with Crippen LogP contribution in [0.15, 0.2) is 24.3 Å². The Hall–Kier alpha value is -1.66. The summed E-state index contributed by atoms with van der Waals surface area (Å²) in [6.45, 7) is 8.29. The molecule has 0 aromatic heterocycles. The van der Waals surface area contributed by atoms with Crippen LogP contribution in [0.3, 0.4) is 0 Å². The van der Waals surface area contributed by atoms with Gasteiger partial charge in [0.25, 0.3) is 0 Å². The van der Waals surface area contributed by atoms with Gasteiger partial charge in [-0.25, -0.2) is 4.79 Å². The largest absolute Gasteiger partial charge is 0.462 e. The zero-order valence-electron chi connectivity index (χ0n) is 14.6. The Bertz CT molecular complexity index is 527. The lowest BCUT2D eigenvalue weighted by Gasteiger charge is -2.29. The van der Waals surface area contributed by atoms with Crippen molar-refractivity contribution in [2.75, 3.05) is 39.1 Å². The molecule has 128 valence electrons. The molecule has 0 saturated heterocycles. The highest BCUT2D eigenvalue weighted by Crippen LogP contribution is 2.15. The lowest BCUT2D eigenvalue weighted by Crippen LogP contribution is -2.41. The second-order valence-electron chi connectivity index (χ2n) is 6.51. The van der Waals surface area contributed by atoms with E-state index in [9.17, 15) is 4.79 Å². The zero-order valence-corrected chi connectivity index (χ0v) is 15.4. The first kappa shape index (κ1) is 19.4. The third-order valence-electron chi connectivity index (χ3n) is 3.13.